The van der Waals surface area contributed by atoms with E-state index in [0.717, 1.165) is 11.3 Å². The van der Waals surface area contributed by atoms with Crippen molar-refractivity contribution in [3.05, 3.63) is 29.8 Å². The van der Waals surface area contributed by atoms with Gasteiger partial charge in [0.1, 0.15) is 23.9 Å². The molecule has 12 nitrogen and oxygen atoms in total. The van der Waals surface area contributed by atoms with E-state index in [1.807, 2.05) is 0 Å². The third kappa shape index (κ3) is 7.17. The Balaban J connectivity index is 1.78. The van der Waals surface area contributed by atoms with Crippen LogP contribution in [0.15, 0.2) is 24.3 Å². The molecule has 4 atom stereocenters. The SMILES string of the molecule is O=C(O)CCC(NC(=O)C(Cc1ccc(O)cc1)NC(=O)C1CCCN1)C(=O)N1CCCC1C(=O)O. The largest absolute Gasteiger partial charge is 0.508 e. The normalized spacial score (nSPS) is 20.9. The molecule has 2 aliphatic heterocycles. The Bertz CT molecular complexity index is 977. The van der Waals surface area contributed by atoms with E-state index >= 15 is 0 Å². The lowest BCUT2D eigenvalue weighted by atomic mass is 10.0. The Morgan fingerprint density at radius 2 is 1.72 bits per heavy atom. The Kier molecular flexibility index (Phi) is 9.23. The average molecular weight is 505 g/mol. The highest BCUT2D eigenvalue weighted by molar-refractivity contribution is 5.94. The van der Waals surface area contributed by atoms with E-state index in [9.17, 15) is 34.2 Å². The number of phenols is 1. The van der Waals surface area contributed by atoms with Crippen LogP contribution >= 0.6 is 0 Å². The molecular formula is C24H32N4O8. The number of amides is 3. The highest BCUT2D eigenvalue weighted by Gasteiger charge is 2.38. The molecule has 12 heteroatoms. The first-order chi connectivity index (χ1) is 17.2. The van der Waals surface area contributed by atoms with Crippen LogP contribution in [0.2, 0.25) is 0 Å². The quantitative estimate of drug-likeness (QED) is 0.233. The molecule has 0 radical (unpaired) electrons. The number of hydrogen-bond donors (Lipinski definition) is 6. The highest BCUT2D eigenvalue weighted by Crippen LogP contribution is 2.20. The lowest BCUT2D eigenvalue weighted by Gasteiger charge is -2.29. The molecule has 1 aromatic carbocycles. The molecule has 2 fully saturated rings. The van der Waals surface area contributed by atoms with Gasteiger partial charge in [0, 0.05) is 19.4 Å². The molecule has 196 valence electrons. The summed E-state index contributed by atoms with van der Waals surface area (Å²) < 4.78 is 0. The van der Waals surface area contributed by atoms with Crippen LogP contribution in [0.5, 0.6) is 5.75 Å². The minimum Gasteiger partial charge on any atom is -0.508 e. The lowest BCUT2D eigenvalue weighted by Crippen LogP contribution is -2.57. The predicted molar refractivity (Wildman–Crippen MR) is 126 cm³/mol. The van der Waals surface area contributed by atoms with Gasteiger partial charge in [0.05, 0.1) is 6.04 Å². The van der Waals surface area contributed by atoms with Crippen molar-refractivity contribution in [2.24, 2.45) is 0 Å². The zero-order chi connectivity index (χ0) is 26.2. The molecule has 4 unspecified atom stereocenters. The maximum Gasteiger partial charge on any atom is 0.326 e. The topological polar surface area (TPSA) is 185 Å². The number of nitrogens with one attached hydrogen (secondary N) is 3. The molecule has 0 aromatic heterocycles. The first-order valence-electron chi connectivity index (χ1n) is 12.0. The van der Waals surface area contributed by atoms with Gasteiger partial charge in [-0.1, -0.05) is 12.1 Å². The molecule has 0 saturated carbocycles. The zero-order valence-corrected chi connectivity index (χ0v) is 19.8. The molecule has 3 amide bonds. The van der Waals surface area contributed by atoms with E-state index in [1.165, 1.54) is 12.1 Å². The number of carbonyl (C=O) groups is 5. The second-order valence-electron chi connectivity index (χ2n) is 9.10. The third-order valence-corrected chi connectivity index (χ3v) is 6.47. The molecule has 2 heterocycles. The van der Waals surface area contributed by atoms with E-state index in [4.69, 9.17) is 5.11 Å². The number of carboxylic acids is 2. The minimum atomic E-state index is -1.27. The number of rotatable bonds is 11. The lowest BCUT2D eigenvalue weighted by molar-refractivity contribution is -0.150. The van der Waals surface area contributed by atoms with E-state index in [-0.39, 0.29) is 37.5 Å². The Labute approximate surface area is 208 Å². The summed E-state index contributed by atoms with van der Waals surface area (Å²) in [5.74, 6) is -4.02. The van der Waals surface area contributed by atoms with E-state index in [1.54, 1.807) is 12.1 Å². The minimum absolute atomic E-state index is 0.0388. The molecule has 0 aliphatic carbocycles. The average Bonchev–Trinajstić information content (AvgIpc) is 3.54. The molecule has 2 aliphatic rings. The first kappa shape index (κ1) is 26.9. The van der Waals surface area contributed by atoms with Gasteiger partial charge in [-0.25, -0.2) is 4.79 Å². The van der Waals surface area contributed by atoms with Crippen LogP contribution in [-0.2, 0) is 30.4 Å². The zero-order valence-electron chi connectivity index (χ0n) is 19.8. The molecule has 3 rings (SSSR count). The molecule has 0 bridgehead atoms. The van der Waals surface area contributed by atoms with Crippen molar-refractivity contribution in [3.8, 4) is 5.75 Å². The van der Waals surface area contributed by atoms with Gasteiger partial charge in [-0.15, -0.1) is 0 Å². The van der Waals surface area contributed by atoms with Gasteiger partial charge < -0.3 is 36.2 Å². The van der Waals surface area contributed by atoms with Crippen LogP contribution in [-0.4, -0.2) is 87.1 Å². The van der Waals surface area contributed by atoms with Crippen molar-refractivity contribution in [2.75, 3.05) is 13.1 Å². The number of hydrogen-bond acceptors (Lipinski definition) is 7. The van der Waals surface area contributed by atoms with Gasteiger partial charge in [0.25, 0.3) is 0 Å². The maximum absolute atomic E-state index is 13.3. The molecule has 2 saturated heterocycles. The summed E-state index contributed by atoms with van der Waals surface area (Å²) in [5, 5.41) is 36.5. The standard InChI is InChI=1S/C24H32N4O8/c29-15-7-5-14(6-8-15)13-18(27-21(32)16-3-1-11-25-16)22(33)26-17(9-10-20(30)31)23(34)28-12-2-4-19(28)24(35)36/h5-8,16-19,25,29H,1-4,9-13H2,(H,26,33)(H,27,32)(H,30,31)(H,35,36). The van der Waals surface area contributed by atoms with Crippen LogP contribution in [0.25, 0.3) is 0 Å². The number of nitrogens with zero attached hydrogens (tertiary/aromatic N) is 1. The van der Waals surface area contributed by atoms with Crippen molar-refractivity contribution < 1.29 is 39.3 Å². The fraction of sp³-hybridized carbons (Fsp3) is 0.542. The summed E-state index contributed by atoms with van der Waals surface area (Å²) >= 11 is 0. The monoisotopic (exact) mass is 504 g/mol. The van der Waals surface area contributed by atoms with Crippen molar-refractivity contribution in [2.45, 2.75) is 69.1 Å². The smallest absolute Gasteiger partial charge is 0.326 e. The molecular weight excluding hydrogens is 472 g/mol. The molecule has 0 spiro atoms. The molecule has 1 aromatic rings. The van der Waals surface area contributed by atoms with E-state index in [2.05, 4.69) is 16.0 Å². The van der Waals surface area contributed by atoms with Crippen molar-refractivity contribution >= 4 is 29.7 Å². The molecule has 6 N–H and O–H groups in total. The number of benzene rings is 1. The van der Waals surface area contributed by atoms with Gasteiger partial charge in [0.2, 0.25) is 17.7 Å². The van der Waals surface area contributed by atoms with Crippen molar-refractivity contribution in [1.29, 1.82) is 0 Å². The number of carbonyl (C=O) groups excluding carboxylic acids is 3. The van der Waals surface area contributed by atoms with Crippen LogP contribution in [0.3, 0.4) is 0 Å². The summed E-state index contributed by atoms with van der Waals surface area (Å²) in [6.07, 6.45) is 1.61. The number of likely N-dealkylation sites (tertiary alicyclic amines) is 1. The van der Waals surface area contributed by atoms with Gasteiger partial charge in [0.15, 0.2) is 0 Å². The summed E-state index contributed by atoms with van der Waals surface area (Å²) in [7, 11) is 0. The fourth-order valence-electron chi connectivity index (χ4n) is 4.54. The molecule has 36 heavy (non-hydrogen) atoms. The van der Waals surface area contributed by atoms with Crippen LogP contribution < -0.4 is 16.0 Å². The van der Waals surface area contributed by atoms with Gasteiger partial charge in [-0.3, -0.25) is 19.2 Å². The Morgan fingerprint density at radius 3 is 2.33 bits per heavy atom. The van der Waals surface area contributed by atoms with Gasteiger partial charge in [-0.2, -0.15) is 0 Å². The summed E-state index contributed by atoms with van der Waals surface area (Å²) in [6.45, 7) is 0.871. The number of aromatic hydroxyl groups is 1. The van der Waals surface area contributed by atoms with Crippen LogP contribution in [0, 0.1) is 0 Å². The van der Waals surface area contributed by atoms with Gasteiger partial charge in [-0.05, 0) is 56.3 Å². The number of phenolic OH excluding ortho intramolecular Hbond substituents is 1. The summed E-state index contributed by atoms with van der Waals surface area (Å²) in [4.78, 5) is 63.2. The van der Waals surface area contributed by atoms with E-state index in [0.29, 0.717) is 24.9 Å². The predicted octanol–water partition coefficient (Wildman–Crippen LogP) is -0.403. The number of aliphatic carboxylic acids is 2. The summed E-state index contributed by atoms with van der Waals surface area (Å²) in [6, 6.07) is 2.25. The maximum atomic E-state index is 13.3. The fourth-order valence-corrected chi connectivity index (χ4v) is 4.54. The van der Waals surface area contributed by atoms with Crippen LogP contribution in [0.4, 0.5) is 0 Å². The second kappa shape index (κ2) is 12.3. The highest BCUT2D eigenvalue weighted by atomic mass is 16.4. The Morgan fingerprint density at radius 1 is 1.00 bits per heavy atom. The summed E-state index contributed by atoms with van der Waals surface area (Å²) in [5.41, 5.74) is 0.645. The second-order valence-corrected chi connectivity index (χ2v) is 9.10. The number of carboxylic acid groups (broad SMARTS) is 2. The van der Waals surface area contributed by atoms with Crippen molar-refractivity contribution in [1.82, 2.24) is 20.9 Å². The Hall–Kier alpha value is -3.67. The third-order valence-electron chi connectivity index (χ3n) is 6.47. The first-order valence-corrected chi connectivity index (χ1v) is 12.0. The van der Waals surface area contributed by atoms with Crippen molar-refractivity contribution in [3.63, 3.8) is 0 Å². The van der Waals surface area contributed by atoms with Crippen LogP contribution in [0.1, 0.15) is 44.1 Å². The van der Waals surface area contributed by atoms with Gasteiger partial charge >= 0.3 is 11.9 Å². The van der Waals surface area contributed by atoms with E-state index < -0.39 is 54.3 Å².